The predicted octanol–water partition coefficient (Wildman–Crippen LogP) is 4.73. The number of nitrogens with zero attached hydrogens (tertiary/aromatic N) is 2. The second kappa shape index (κ2) is 6.98. The van der Waals surface area contributed by atoms with E-state index in [1.54, 1.807) is 0 Å². The average Bonchev–Trinajstić information content (AvgIpc) is 2.97. The largest absolute Gasteiger partial charge is 0.465 e. The Morgan fingerprint density at radius 1 is 1.20 bits per heavy atom. The van der Waals surface area contributed by atoms with Crippen LogP contribution in [0.4, 0.5) is 0 Å². The first-order valence-corrected chi connectivity index (χ1v) is 8.92. The maximum absolute atomic E-state index is 11.9. The number of esters is 1. The summed E-state index contributed by atoms with van der Waals surface area (Å²) in [5, 5.41) is 3.43. The van der Waals surface area contributed by atoms with Crippen LogP contribution in [0, 0.1) is 0 Å². The Kier molecular flexibility index (Phi) is 4.92. The lowest BCUT2D eigenvalue weighted by Gasteiger charge is -2.19. The third kappa shape index (κ3) is 4.27. The van der Waals surface area contributed by atoms with Crippen LogP contribution < -0.4 is 4.74 Å². The van der Waals surface area contributed by atoms with Gasteiger partial charge in [-0.15, -0.1) is 11.3 Å². The molecule has 0 aliphatic carbocycles. The van der Waals surface area contributed by atoms with Crippen molar-refractivity contribution in [3.8, 4) is 17.0 Å². The molecule has 1 aromatic carbocycles. The monoisotopic (exact) mass is 376 g/mol. The van der Waals surface area contributed by atoms with Gasteiger partial charge in [-0.25, -0.2) is 14.8 Å². The van der Waals surface area contributed by atoms with E-state index in [4.69, 9.17) is 21.1 Å². The number of hydrogen-bond acceptors (Lipinski definition) is 6. The molecule has 0 fully saturated rings. The molecule has 25 heavy (non-hydrogen) atoms. The number of halogens is 1. The minimum Gasteiger partial charge on any atom is -0.465 e. The minimum atomic E-state index is -0.557. The van der Waals surface area contributed by atoms with Gasteiger partial charge in [0.2, 0.25) is 5.88 Å². The molecule has 0 saturated carbocycles. The highest BCUT2D eigenvalue weighted by Gasteiger charge is 2.19. The lowest BCUT2D eigenvalue weighted by molar-refractivity contribution is -0.157. The van der Waals surface area contributed by atoms with Crippen LogP contribution in [0.5, 0.6) is 5.88 Å². The van der Waals surface area contributed by atoms with Crippen molar-refractivity contribution in [3.05, 3.63) is 41.0 Å². The number of ether oxygens (including phenoxy) is 2. The van der Waals surface area contributed by atoms with Crippen LogP contribution in [0.1, 0.15) is 20.8 Å². The summed E-state index contributed by atoms with van der Waals surface area (Å²) in [6.07, 6.45) is 1.43. The summed E-state index contributed by atoms with van der Waals surface area (Å²) in [6.45, 7) is 5.22. The molecule has 0 amide bonds. The molecule has 0 aliphatic heterocycles. The topological polar surface area (TPSA) is 61.3 Å². The Hall–Kier alpha value is -2.18. The van der Waals surface area contributed by atoms with E-state index >= 15 is 0 Å². The summed E-state index contributed by atoms with van der Waals surface area (Å²) in [6, 6.07) is 7.50. The zero-order chi connectivity index (χ0) is 18.0. The van der Waals surface area contributed by atoms with Crippen LogP contribution in [0.25, 0.3) is 21.3 Å². The third-order valence-corrected chi connectivity index (χ3v) is 4.38. The maximum Gasteiger partial charge on any atom is 0.344 e. The highest BCUT2D eigenvalue weighted by Crippen LogP contribution is 2.37. The fourth-order valence-corrected chi connectivity index (χ4v) is 3.33. The summed E-state index contributed by atoms with van der Waals surface area (Å²) in [7, 11) is 0. The van der Waals surface area contributed by atoms with Gasteiger partial charge < -0.3 is 9.47 Å². The molecule has 0 bridgehead atoms. The van der Waals surface area contributed by atoms with Crippen LogP contribution in [-0.4, -0.2) is 28.1 Å². The summed E-state index contributed by atoms with van der Waals surface area (Å²) < 4.78 is 10.9. The highest BCUT2D eigenvalue weighted by atomic mass is 35.5. The summed E-state index contributed by atoms with van der Waals surface area (Å²) >= 11 is 7.45. The van der Waals surface area contributed by atoms with Crippen molar-refractivity contribution >= 4 is 39.1 Å². The molecule has 0 unspecified atom stereocenters. The van der Waals surface area contributed by atoms with Crippen LogP contribution >= 0.6 is 22.9 Å². The number of hydrogen-bond donors (Lipinski definition) is 0. The first-order chi connectivity index (χ1) is 11.8. The second-order valence-corrected chi connectivity index (χ2v) is 7.68. The van der Waals surface area contributed by atoms with Crippen LogP contribution in [-0.2, 0) is 9.53 Å². The number of carbonyl (C=O) groups is 1. The van der Waals surface area contributed by atoms with E-state index in [0.29, 0.717) is 10.9 Å². The Bertz CT molecular complexity index is 901. The highest BCUT2D eigenvalue weighted by molar-refractivity contribution is 7.17. The minimum absolute atomic E-state index is 0.209. The first-order valence-electron chi connectivity index (χ1n) is 7.66. The van der Waals surface area contributed by atoms with E-state index in [2.05, 4.69) is 9.97 Å². The van der Waals surface area contributed by atoms with E-state index < -0.39 is 11.6 Å². The summed E-state index contributed by atoms with van der Waals surface area (Å²) in [4.78, 5) is 21.2. The van der Waals surface area contributed by atoms with Gasteiger partial charge >= 0.3 is 5.97 Å². The van der Waals surface area contributed by atoms with Gasteiger partial charge in [-0.05, 0) is 38.5 Å². The molecule has 2 heterocycles. The second-order valence-electron chi connectivity index (χ2n) is 6.39. The van der Waals surface area contributed by atoms with Gasteiger partial charge in [-0.3, -0.25) is 0 Å². The predicted molar refractivity (Wildman–Crippen MR) is 99.2 cm³/mol. The van der Waals surface area contributed by atoms with Crippen molar-refractivity contribution in [1.29, 1.82) is 0 Å². The van der Waals surface area contributed by atoms with Crippen LogP contribution in [0.3, 0.4) is 0 Å². The third-order valence-electron chi connectivity index (χ3n) is 3.24. The molecule has 0 atom stereocenters. The number of thiophene rings is 1. The fraction of sp³-hybridized carbons (Fsp3) is 0.278. The quantitative estimate of drug-likeness (QED) is 0.616. The van der Waals surface area contributed by atoms with Crippen molar-refractivity contribution in [1.82, 2.24) is 9.97 Å². The van der Waals surface area contributed by atoms with Crippen LogP contribution in [0.2, 0.25) is 5.02 Å². The number of fused-ring (bicyclic) bond motifs is 1. The number of aromatic nitrogens is 2. The molecular weight excluding hydrogens is 360 g/mol. The molecule has 3 aromatic rings. The molecule has 0 N–H and O–H groups in total. The zero-order valence-electron chi connectivity index (χ0n) is 14.1. The van der Waals surface area contributed by atoms with Crippen molar-refractivity contribution in [3.63, 3.8) is 0 Å². The lowest BCUT2D eigenvalue weighted by atomic mass is 10.1. The van der Waals surface area contributed by atoms with Gasteiger partial charge in [0.15, 0.2) is 6.61 Å². The van der Waals surface area contributed by atoms with Gasteiger partial charge in [0.25, 0.3) is 0 Å². The molecule has 0 spiro atoms. The normalized spacial score (nSPS) is 11.5. The standard InChI is InChI=1S/C18H17ClN2O3S/c1-18(2,3)24-14(22)8-23-16-15-13(9-25-17(15)21-10-20-16)11-4-6-12(19)7-5-11/h4-7,9-10H,8H2,1-3H3. The van der Waals surface area contributed by atoms with Gasteiger partial charge in [-0.1, -0.05) is 23.7 Å². The maximum atomic E-state index is 11.9. The summed E-state index contributed by atoms with van der Waals surface area (Å²) in [5.41, 5.74) is 1.36. The Morgan fingerprint density at radius 2 is 1.92 bits per heavy atom. The number of rotatable bonds is 4. The molecule has 0 radical (unpaired) electrons. The van der Waals surface area contributed by atoms with Crippen molar-refractivity contribution in [2.45, 2.75) is 26.4 Å². The van der Waals surface area contributed by atoms with Gasteiger partial charge in [0, 0.05) is 16.0 Å². The molecule has 3 rings (SSSR count). The SMILES string of the molecule is CC(C)(C)OC(=O)COc1ncnc2scc(-c3ccc(Cl)cc3)c12. The molecule has 2 aromatic heterocycles. The Morgan fingerprint density at radius 3 is 2.60 bits per heavy atom. The van der Waals surface area contributed by atoms with Crippen molar-refractivity contribution in [2.24, 2.45) is 0 Å². The van der Waals surface area contributed by atoms with Gasteiger partial charge in [-0.2, -0.15) is 0 Å². The molecular formula is C18H17ClN2O3S. The van der Waals surface area contributed by atoms with E-state index in [0.717, 1.165) is 21.3 Å². The van der Waals surface area contributed by atoms with Gasteiger partial charge in [0.05, 0.1) is 5.39 Å². The first kappa shape index (κ1) is 17.6. The van der Waals surface area contributed by atoms with E-state index in [1.807, 2.05) is 50.4 Å². The molecule has 130 valence electrons. The Balaban J connectivity index is 1.90. The van der Waals surface area contributed by atoms with E-state index in [1.165, 1.54) is 17.7 Å². The van der Waals surface area contributed by atoms with Crippen molar-refractivity contribution in [2.75, 3.05) is 6.61 Å². The van der Waals surface area contributed by atoms with Crippen LogP contribution in [0.15, 0.2) is 36.0 Å². The van der Waals surface area contributed by atoms with E-state index in [-0.39, 0.29) is 6.61 Å². The molecule has 0 aliphatic rings. The number of benzene rings is 1. The molecule has 0 saturated heterocycles. The van der Waals surface area contributed by atoms with Gasteiger partial charge in [0.1, 0.15) is 16.8 Å². The zero-order valence-corrected chi connectivity index (χ0v) is 15.6. The molecule has 5 nitrogen and oxygen atoms in total. The lowest BCUT2D eigenvalue weighted by Crippen LogP contribution is -2.27. The number of carbonyl (C=O) groups excluding carboxylic acids is 1. The average molecular weight is 377 g/mol. The van der Waals surface area contributed by atoms with E-state index in [9.17, 15) is 4.79 Å². The smallest absolute Gasteiger partial charge is 0.344 e. The fourth-order valence-electron chi connectivity index (χ4n) is 2.30. The Labute approximate surface area is 154 Å². The molecule has 7 heteroatoms. The summed E-state index contributed by atoms with van der Waals surface area (Å²) in [5.74, 6) is -0.0791. The van der Waals surface area contributed by atoms with Crippen molar-refractivity contribution < 1.29 is 14.3 Å².